The summed E-state index contributed by atoms with van der Waals surface area (Å²) in [5.74, 6) is 0.487. The number of nitrogens with one attached hydrogen (secondary N) is 1. The molecule has 3 rings (SSSR count). The number of thiazole rings is 1. The first-order chi connectivity index (χ1) is 14.0. The number of nitrogens with zero attached hydrogens (tertiary/aromatic N) is 2. The normalized spacial score (nSPS) is 10.8. The van der Waals surface area contributed by atoms with E-state index < -0.39 is 4.92 Å². The van der Waals surface area contributed by atoms with Crippen molar-refractivity contribution in [1.29, 1.82) is 0 Å². The van der Waals surface area contributed by atoms with Gasteiger partial charge in [-0.1, -0.05) is 31.2 Å². The van der Waals surface area contributed by atoms with E-state index in [2.05, 4.69) is 10.3 Å². The van der Waals surface area contributed by atoms with Crippen LogP contribution in [0.1, 0.15) is 18.9 Å². The fourth-order valence-electron chi connectivity index (χ4n) is 2.46. The number of hydrogen-bond donors (Lipinski definition) is 1. The third-order valence-corrected chi connectivity index (χ3v) is 4.62. The van der Waals surface area contributed by atoms with Crippen LogP contribution in [-0.2, 0) is 4.79 Å². The summed E-state index contributed by atoms with van der Waals surface area (Å²) in [5, 5.41) is 15.8. The zero-order valence-corrected chi connectivity index (χ0v) is 16.5. The van der Waals surface area contributed by atoms with Gasteiger partial charge < -0.3 is 4.74 Å². The molecule has 8 heteroatoms. The van der Waals surface area contributed by atoms with Gasteiger partial charge >= 0.3 is 0 Å². The molecule has 29 heavy (non-hydrogen) atoms. The molecule has 0 atom stereocenters. The molecular weight excluding hydrogens is 390 g/mol. The molecular formula is C21H19N3O4S. The van der Waals surface area contributed by atoms with Gasteiger partial charge in [-0.05, 0) is 30.2 Å². The number of non-ortho nitro benzene ring substituents is 1. The molecule has 148 valence electrons. The Hall–Kier alpha value is -3.52. The summed E-state index contributed by atoms with van der Waals surface area (Å²) in [7, 11) is 0. The van der Waals surface area contributed by atoms with Crippen molar-refractivity contribution in [3.63, 3.8) is 0 Å². The molecule has 1 aromatic heterocycles. The molecule has 0 aliphatic heterocycles. The lowest BCUT2D eigenvalue weighted by molar-refractivity contribution is -0.384. The highest BCUT2D eigenvalue weighted by atomic mass is 32.1. The number of rotatable bonds is 8. The van der Waals surface area contributed by atoms with Crippen LogP contribution < -0.4 is 10.1 Å². The Kier molecular flexibility index (Phi) is 6.70. The van der Waals surface area contributed by atoms with Crippen LogP contribution in [0.4, 0.5) is 10.8 Å². The molecule has 0 aliphatic carbocycles. The molecule has 0 saturated carbocycles. The molecule has 0 aliphatic rings. The number of anilines is 1. The fraction of sp³-hybridized carbons (Fsp3) is 0.143. The summed E-state index contributed by atoms with van der Waals surface area (Å²) >= 11 is 1.25. The summed E-state index contributed by atoms with van der Waals surface area (Å²) in [6, 6.07) is 13.7. The van der Waals surface area contributed by atoms with E-state index in [1.807, 2.05) is 31.2 Å². The van der Waals surface area contributed by atoms with Gasteiger partial charge in [0.25, 0.3) is 5.69 Å². The van der Waals surface area contributed by atoms with Gasteiger partial charge in [0.2, 0.25) is 5.91 Å². The van der Waals surface area contributed by atoms with Gasteiger partial charge in [0, 0.05) is 29.2 Å². The standard InChI is InChI=1S/C21H19N3O4S/c1-2-12-28-18-9-6-15(7-10-18)8-11-20(25)23-21-22-19(14-29-21)16-4-3-5-17(13-16)24(26)27/h3-11,13-14H,2,12H2,1H3,(H,22,23,25). The van der Waals surface area contributed by atoms with E-state index in [1.165, 1.54) is 29.5 Å². The minimum absolute atomic E-state index is 0.00451. The van der Waals surface area contributed by atoms with E-state index >= 15 is 0 Å². The van der Waals surface area contributed by atoms with Crippen molar-refractivity contribution in [2.24, 2.45) is 0 Å². The smallest absolute Gasteiger partial charge is 0.270 e. The molecule has 1 amide bonds. The second kappa shape index (κ2) is 9.61. The summed E-state index contributed by atoms with van der Waals surface area (Å²) in [5.41, 5.74) is 2.06. The second-order valence-corrected chi connectivity index (χ2v) is 6.94. The van der Waals surface area contributed by atoms with Crippen LogP contribution in [0, 0.1) is 10.1 Å². The van der Waals surface area contributed by atoms with Gasteiger partial charge in [-0.15, -0.1) is 11.3 Å². The van der Waals surface area contributed by atoms with Crippen LogP contribution >= 0.6 is 11.3 Å². The van der Waals surface area contributed by atoms with Gasteiger partial charge in [-0.25, -0.2) is 4.98 Å². The first kappa shape index (κ1) is 20.2. The Balaban J connectivity index is 1.61. The number of hydrogen-bond acceptors (Lipinski definition) is 6. The number of carbonyl (C=O) groups excluding carboxylic acids is 1. The zero-order chi connectivity index (χ0) is 20.6. The van der Waals surface area contributed by atoms with Gasteiger partial charge in [-0.2, -0.15) is 0 Å². The van der Waals surface area contributed by atoms with Gasteiger partial charge in [-0.3, -0.25) is 20.2 Å². The Bertz CT molecular complexity index is 1030. The number of nitro benzene ring substituents is 1. The third kappa shape index (κ3) is 5.73. The van der Waals surface area contributed by atoms with Crippen molar-refractivity contribution in [1.82, 2.24) is 4.98 Å². The molecule has 0 bridgehead atoms. The van der Waals surface area contributed by atoms with E-state index in [4.69, 9.17) is 4.74 Å². The Morgan fingerprint density at radius 1 is 1.28 bits per heavy atom. The predicted octanol–water partition coefficient (Wildman–Crippen LogP) is 5.16. The topological polar surface area (TPSA) is 94.4 Å². The number of ether oxygens (including phenoxy) is 1. The summed E-state index contributed by atoms with van der Waals surface area (Å²) in [6.45, 7) is 2.72. The average Bonchev–Trinajstić information content (AvgIpc) is 3.20. The molecule has 0 unspecified atom stereocenters. The SMILES string of the molecule is CCCOc1ccc(C=CC(=O)Nc2nc(-c3cccc([N+](=O)[O-])c3)cs2)cc1. The Morgan fingerprint density at radius 3 is 2.79 bits per heavy atom. The van der Waals surface area contributed by atoms with Crippen LogP contribution in [0.15, 0.2) is 60.0 Å². The van der Waals surface area contributed by atoms with Crippen molar-refractivity contribution in [2.45, 2.75) is 13.3 Å². The largest absolute Gasteiger partial charge is 0.494 e. The van der Waals surface area contributed by atoms with Crippen molar-refractivity contribution in [3.8, 4) is 17.0 Å². The van der Waals surface area contributed by atoms with Gasteiger partial charge in [0.15, 0.2) is 5.13 Å². The van der Waals surface area contributed by atoms with Crippen LogP contribution in [-0.4, -0.2) is 22.4 Å². The highest BCUT2D eigenvalue weighted by Crippen LogP contribution is 2.27. The van der Waals surface area contributed by atoms with E-state index in [0.29, 0.717) is 23.0 Å². The van der Waals surface area contributed by atoms with Gasteiger partial charge in [0.1, 0.15) is 5.75 Å². The summed E-state index contributed by atoms with van der Waals surface area (Å²) in [4.78, 5) is 26.9. The molecule has 0 saturated heterocycles. The minimum Gasteiger partial charge on any atom is -0.494 e. The fourth-order valence-corrected chi connectivity index (χ4v) is 3.18. The van der Waals surface area contributed by atoms with E-state index in [1.54, 1.807) is 23.6 Å². The van der Waals surface area contributed by atoms with E-state index in [0.717, 1.165) is 17.7 Å². The lowest BCUT2D eigenvalue weighted by Gasteiger charge is -2.04. The number of aromatic nitrogens is 1. The number of nitro groups is 1. The van der Waals surface area contributed by atoms with Crippen molar-refractivity contribution in [2.75, 3.05) is 11.9 Å². The molecule has 3 aromatic rings. The lowest BCUT2D eigenvalue weighted by atomic mass is 10.1. The maximum Gasteiger partial charge on any atom is 0.270 e. The second-order valence-electron chi connectivity index (χ2n) is 6.09. The first-order valence-electron chi connectivity index (χ1n) is 8.97. The summed E-state index contributed by atoms with van der Waals surface area (Å²) < 4.78 is 5.53. The highest BCUT2D eigenvalue weighted by molar-refractivity contribution is 7.14. The van der Waals surface area contributed by atoms with Crippen molar-refractivity contribution >= 4 is 34.1 Å². The zero-order valence-electron chi connectivity index (χ0n) is 15.7. The van der Waals surface area contributed by atoms with E-state index in [9.17, 15) is 14.9 Å². The summed E-state index contributed by atoms with van der Waals surface area (Å²) in [6.07, 6.45) is 4.08. The quantitative estimate of drug-likeness (QED) is 0.315. The molecule has 0 spiro atoms. The van der Waals surface area contributed by atoms with Crippen LogP contribution in [0.5, 0.6) is 5.75 Å². The van der Waals surface area contributed by atoms with Crippen LogP contribution in [0.3, 0.4) is 0 Å². The number of benzene rings is 2. The molecule has 1 heterocycles. The van der Waals surface area contributed by atoms with Crippen LogP contribution in [0.2, 0.25) is 0 Å². The van der Waals surface area contributed by atoms with Crippen molar-refractivity contribution in [3.05, 3.63) is 75.7 Å². The minimum atomic E-state index is -0.453. The Morgan fingerprint density at radius 2 is 2.07 bits per heavy atom. The Labute approximate surface area is 171 Å². The maximum atomic E-state index is 12.1. The average molecular weight is 409 g/mol. The first-order valence-corrected chi connectivity index (χ1v) is 9.85. The highest BCUT2D eigenvalue weighted by Gasteiger charge is 2.10. The molecule has 0 radical (unpaired) electrons. The predicted molar refractivity (Wildman–Crippen MR) is 114 cm³/mol. The molecule has 7 nitrogen and oxygen atoms in total. The number of carbonyl (C=O) groups is 1. The molecule has 0 fully saturated rings. The maximum absolute atomic E-state index is 12.1. The molecule has 2 aromatic carbocycles. The third-order valence-electron chi connectivity index (χ3n) is 3.87. The van der Waals surface area contributed by atoms with Crippen molar-refractivity contribution < 1.29 is 14.5 Å². The van der Waals surface area contributed by atoms with Gasteiger partial charge in [0.05, 0.1) is 17.2 Å². The lowest BCUT2D eigenvalue weighted by Crippen LogP contribution is -2.07. The van der Waals surface area contributed by atoms with Crippen LogP contribution in [0.25, 0.3) is 17.3 Å². The van der Waals surface area contributed by atoms with E-state index in [-0.39, 0.29) is 11.6 Å². The monoisotopic (exact) mass is 409 g/mol. The molecule has 1 N–H and O–H groups in total. The number of amides is 1.